The van der Waals surface area contributed by atoms with E-state index in [4.69, 9.17) is 4.74 Å². The minimum absolute atomic E-state index is 0.130. The topological polar surface area (TPSA) is 49.8 Å². The smallest absolute Gasteiger partial charge is 0.416 e. The summed E-state index contributed by atoms with van der Waals surface area (Å²) in [5, 5.41) is 11.0. The Morgan fingerprint density at radius 1 is 1.12 bits per heavy atom. The van der Waals surface area contributed by atoms with E-state index in [0.29, 0.717) is 12.8 Å². The predicted molar refractivity (Wildman–Crippen MR) is 87.2 cm³/mol. The number of carbonyl (C=O) groups is 1. The highest BCUT2D eigenvalue weighted by molar-refractivity contribution is 5.82. The van der Waals surface area contributed by atoms with Crippen LogP contribution in [-0.2, 0) is 11.0 Å². The first-order chi connectivity index (χ1) is 11.6. The fraction of sp³-hybridized carbons (Fsp3) is 0.611. The molecule has 0 saturated heterocycles. The van der Waals surface area contributed by atoms with Gasteiger partial charge in [0.1, 0.15) is 11.4 Å². The number of benzene rings is 1. The number of carbonyl (C=O) groups excluding carboxylic acids is 1. The molecule has 1 aromatic rings. The quantitative estimate of drug-likeness (QED) is 0.836. The van der Waals surface area contributed by atoms with Crippen molar-refractivity contribution in [3.05, 3.63) is 29.8 Å². The second kappa shape index (κ2) is 7.64. The number of likely N-dealkylation sites (N-methyl/N-ethyl adjacent to an activating group) is 1. The molecular weight excluding hydrogens is 335 g/mol. The van der Waals surface area contributed by atoms with Crippen molar-refractivity contribution in [2.24, 2.45) is 0 Å². The first-order valence-corrected chi connectivity index (χ1v) is 8.41. The lowest BCUT2D eigenvalue weighted by molar-refractivity contribution is -0.152. The third-order valence-electron chi connectivity index (χ3n) is 4.56. The third kappa shape index (κ3) is 4.87. The van der Waals surface area contributed by atoms with E-state index in [-0.39, 0.29) is 5.75 Å². The van der Waals surface area contributed by atoms with Crippen LogP contribution in [0, 0.1) is 0 Å². The van der Waals surface area contributed by atoms with Crippen LogP contribution in [0.3, 0.4) is 0 Å². The second-order valence-electron chi connectivity index (χ2n) is 6.77. The van der Waals surface area contributed by atoms with Gasteiger partial charge in [-0.3, -0.25) is 4.79 Å². The monoisotopic (exact) mass is 359 g/mol. The average Bonchev–Trinajstić information content (AvgIpc) is 2.77. The molecule has 1 saturated carbocycles. The number of amides is 1. The van der Waals surface area contributed by atoms with Gasteiger partial charge in [-0.25, -0.2) is 0 Å². The Hall–Kier alpha value is -1.76. The summed E-state index contributed by atoms with van der Waals surface area (Å²) in [6.45, 7) is 0. The van der Waals surface area contributed by atoms with E-state index in [1.54, 1.807) is 14.1 Å². The Morgan fingerprint density at radius 2 is 1.64 bits per heavy atom. The summed E-state index contributed by atoms with van der Waals surface area (Å²) < 4.78 is 43.7. The Morgan fingerprint density at radius 3 is 2.08 bits per heavy atom. The molecule has 2 rings (SSSR count). The molecule has 1 aromatic carbocycles. The number of aliphatic hydroxyl groups is 1. The van der Waals surface area contributed by atoms with Crippen LogP contribution in [0.4, 0.5) is 13.2 Å². The van der Waals surface area contributed by atoms with Crippen LogP contribution in [0.1, 0.15) is 44.1 Å². The summed E-state index contributed by atoms with van der Waals surface area (Å²) in [5.74, 6) is -0.268. The van der Waals surface area contributed by atoms with Crippen LogP contribution in [-0.4, -0.2) is 41.7 Å². The highest BCUT2D eigenvalue weighted by Crippen LogP contribution is 2.34. The van der Waals surface area contributed by atoms with Crippen molar-refractivity contribution in [1.82, 2.24) is 4.90 Å². The first-order valence-electron chi connectivity index (χ1n) is 8.41. The van der Waals surface area contributed by atoms with Gasteiger partial charge in [-0.2, -0.15) is 13.2 Å². The molecule has 1 aliphatic carbocycles. The van der Waals surface area contributed by atoms with Crippen LogP contribution in [0.25, 0.3) is 0 Å². The largest absolute Gasteiger partial charge is 0.478 e. The van der Waals surface area contributed by atoms with Gasteiger partial charge in [0.2, 0.25) is 6.10 Å². The minimum atomic E-state index is -4.43. The van der Waals surface area contributed by atoms with Crippen LogP contribution in [0.2, 0.25) is 0 Å². The summed E-state index contributed by atoms with van der Waals surface area (Å²) in [7, 11) is 3.12. The normalized spacial score (nSPS) is 19.0. The maximum atomic E-state index is 12.7. The van der Waals surface area contributed by atoms with Crippen LogP contribution >= 0.6 is 0 Å². The molecule has 1 fully saturated rings. The number of hydrogen-bond donors (Lipinski definition) is 1. The van der Waals surface area contributed by atoms with E-state index in [9.17, 15) is 23.1 Å². The molecule has 0 radical (unpaired) electrons. The molecule has 140 valence electrons. The van der Waals surface area contributed by atoms with Crippen LogP contribution < -0.4 is 4.74 Å². The van der Waals surface area contributed by atoms with Gasteiger partial charge in [0.25, 0.3) is 5.91 Å². The Bertz CT molecular complexity index is 576. The summed E-state index contributed by atoms with van der Waals surface area (Å²) in [5.41, 5.74) is -2.11. The van der Waals surface area contributed by atoms with E-state index in [2.05, 4.69) is 0 Å². The molecular formula is C18H24F3NO3. The maximum absolute atomic E-state index is 12.7. The van der Waals surface area contributed by atoms with Crippen molar-refractivity contribution in [2.75, 3.05) is 14.1 Å². The molecule has 7 heteroatoms. The number of halogens is 3. The van der Waals surface area contributed by atoms with E-state index < -0.39 is 29.4 Å². The van der Waals surface area contributed by atoms with Crippen molar-refractivity contribution in [2.45, 2.75) is 56.4 Å². The van der Waals surface area contributed by atoms with Gasteiger partial charge >= 0.3 is 6.18 Å². The Kier molecular flexibility index (Phi) is 5.98. The van der Waals surface area contributed by atoms with Crippen molar-refractivity contribution >= 4 is 5.91 Å². The lowest BCUT2D eigenvalue weighted by atomic mass is 9.87. The van der Waals surface area contributed by atoms with Crippen molar-refractivity contribution < 1.29 is 27.8 Å². The molecule has 0 heterocycles. The van der Waals surface area contributed by atoms with Crippen LogP contribution in [0.5, 0.6) is 5.75 Å². The van der Waals surface area contributed by atoms with Gasteiger partial charge < -0.3 is 14.7 Å². The maximum Gasteiger partial charge on any atom is 0.416 e. The average molecular weight is 359 g/mol. The van der Waals surface area contributed by atoms with Crippen molar-refractivity contribution in [3.63, 3.8) is 0 Å². The third-order valence-corrected chi connectivity index (χ3v) is 4.56. The molecule has 0 aromatic heterocycles. The van der Waals surface area contributed by atoms with Gasteiger partial charge in [-0.1, -0.05) is 25.7 Å². The van der Waals surface area contributed by atoms with Gasteiger partial charge in [0.05, 0.1) is 5.56 Å². The number of hydrogen-bond acceptors (Lipinski definition) is 3. The summed E-state index contributed by atoms with van der Waals surface area (Å²) in [6, 6.07) is 4.17. The summed E-state index contributed by atoms with van der Waals surface area (Å²) >= 11 is 0. The van der Waals surface area contributed by atoms with Gasteiger partial charge in [-0.05, 0) is 37.1 Å². The number of ether oxygens (including phenoxy) is 1. The highest BCUT2D eigenvalue weighted by Gasteiger charge is 2.44. The number of alkyl halides is 3. The van der Waals surface area contributed by atoms with Crippen molar-refractivity contribution in [1.29, 1.82) is 0 Å². The zero-order chi connectivity index (χ0) is 18.7. The molecule has 1 N–H and O–H groups in total. The molecule has 0 aliphatic heterocycles. The zero-order valence-electron chi connectivity index (χ0n) is 14.5. The Labute approximate surface area is 145 Å². The van der Waals surface area contributed by atoms with E-state index >= 15 is 0 Å². The standard InChI is InChI=1S/C18H24F3NO3/c1-22(2)16(23)15(17(24)11-5-3-4-6-12-17)25-14-9-7-13(8-10-14)18(19,20)21/h7-10,15,24H,3-6,11-12H2,1-2H3. The summed E-state index contributed by atoms with van der Waals surface area (Å²) in [4.78, 5) is 13.9. The lowest BCUT2D eigenvalue weighted by Crippen LogP contribution is -2.54. The molecule has 1 amide bonds. The zero-order valence-corrected chi connectivity index (χ0v) is 14.5. The Balaban J connectivity index is 2.25. The molecule has 0 bridgehead atoms. The SMILES string of the molecule is CN(C)C(=O)C(Oc1ccc(C(F)(F)F)cc1)C1(O)CCCCCC1. The fourth-order valence-corrected chi connectivity index (χ4v) is 3.09. The molecule has 1 aliphatic rings. The molecule has 25 heavy (non-hydrogen) atoms. The van der Waals surface area contributed by atoms with Gasteiger partial charge in [0.15, 0.2) is 0 Å². The molecule has 1 unspecified atom stereocenters. The van der Waals surface area contributed by atoms with Crippen molar-refractivity contribution in [3.8, 4) is 5.75 Å². The van der Waals surface area contributed by atoms with Crippen LogP contribution in [0.15, 0.2) is 24.3 Å². The summed E-state index contributed by atoms with van der Waals surface area (Å²) in [6.07, 6.45) is -1.20. The molecule has 4 nitrogen and oxygen atoms in total. The molecule has 0 spiro atoms. The second-order valence-corrected chi connectivity index (χ2v) is 6.77. The van der Waals surface area contributed by atoms with E-state index in [0.717, 1.165) is 37.8 Å². The minimum Gasteiger partial charge on any atom is -0.478 e. The molecule has 1 atom stereocenters. The first kappa shape index (κ1) is 19.6. The van der Waals surface area contributed by atoms with E-state index in [1.165, 1.54) is 17.0 Å². The predicted octanol–water partition coefficient (Wildman–Crippen LogP) is 3.63. The lowest BCUT2D eigenvalue weighted by Gasteiger charge is -2.36. The van der Waals surface area contributed by atoms with Gasteiger partial charge in [-0.15, -0.1) is 0 Å². The van der Waals surface area contributed by atoms with Gasteiger partial charge in [0, 0.05) is 14.1 Å². The fourth-order valence-electron chi connectivity index (χ4n) is 3.09. The van der Waals surface area contributed by atoms with E-state index in [1.807, 2.05) is 0 Å². The number of rotatable bonds is 4. The number of nitrogens with zero attached hydrogens (tertiary/aromatic N) is 1. The highest BCUT2D eigenvalue weighted by atomic mass is 19.4.